The van der Waals surface area contributed by atoms with Gasteiger partial charge in [-0.15, -0.1) is 0 Å². The first kappa shape index (κ1) is 14.7. The average Bonchev–Trinajstić information content (AvgIpc) is 2.89. The summed E-state index contributed by atoms with van der Waals surface area (Å²) in [5, 5.41) is 6.86. The van der Waals surface area contributed by atoms with Crippen molar-refractivity contribution in [2.24, 2.45) is 5.73 Å². The molecule has 1 aromatic carbocycles. The van der Waals surface area contributed by atoms with E-state index in [9.17, 15) is 4.79 Å². The molecule has 1 atom stereocenters. The third kappa shape index (κ3) is 3.26. The van der Waals surface area contributed by atoms with E-state index in [0.29, 0.717) is 5.69 Å². The first-order chi connectivity index (χ1) is 9.51. The molecule has 106 valence electrons. The van der Waals surface area contributed by atoms with E-state index >= 15 is 0 Å². The lowest BCUT2D eigenvalue weighted by molar-refractivity contribution is 0.0957. The summed E-state index contributed by atoms with van der Waals surface area (Å²) in [5.41, 5.74) is 8.28. The summed E-state index contributed by atoms with van der Waals surface area (Å²) in [4.78, 5) is 11.6. The molecule has 0 saturated heterocycles. The van der Waals surface area contributed by atoms with Crippen LogP contribution in [0.4, 0.5) is 0 Å². The van der Waals surface area contributed by atoms with Crippen LogP contribution in [0.25, 0.3) is 5.69 Å². The first-order valence-corrected chi connectivity index (χ1v) is 7.12. The van der Waals surface area contributed by atoms with Crippen LogP contribution in [0.5, 0.6) is 0 Å². The maximum Gasteiger partial charge on any atom is 0.271 e. The minimum absolute atomic E-state index is 0.0592. The van der Waals surface area contributed by atoms with Crippen LogP contribution >= 0.6 is 15.9 Å². The van der Waals surface area contributed by atoms with E-state index in [1.54, 1.807) is 24.0 Å². The summed E-state index contributed by atoms with van der Waals surface area (Å²) in [6.07, 6.45) is 2.52. The molecule has 1 amide bonds. The molecule has 6 heteroatoms. The molecular formula is C14H17BrN4O. The smallest absolute Gasteiger partial charge is 0.271 e. The van der Waals surface area contributed by atoms with Gasteiger partial charge in [0.2, 0.25) is 0 Å². The minimum Gasteiger partial charge on any atom is -0.354 e. The molecule has 0 bridgehead atoms. The number of halogens is 1. The molecule has 2 rings (SSSR count). The molecule has 1 heterocycles. The van der Waals surface area contributed by atoms with Crippen molar-refractivity contribution in [3.63, 3.8) is 0 Å². The molecule has 0 aliphatic carbocycles. The number of nitrogens with zero attached hydrogens (tertiary/aromatic N) is 2. The van der Waals surface area contributed by atoms with E-state index in [4.69, 9.17) is 5.73 Å². The summed E-state index contributed by atoms with van der Waals surface area (Å²) in [7, 11) is 1.59. The van der Waals surface area contributed by atoms with Gasteiger partial charge in [-0.2, -0.15) is 5.10 Å². The van der Waals surface area contributed by atoms with Gasteiger partial charge in [-0.05, 0) is 37.1 Å². The molecule has 20 heavy (non-hydrogen) atoms. The van der Waals surface area contributed by atoms with E-state index in [0.717, 1.165) is 22.1 Å². The molecule has 0 aliphatic rings. The van der Waals surface area contributed by atoms with E-state index in [1.807, 2.05) is 25.1 Å². The van der Waals surface area contributed by atoms with Crippen molar-refractivity contribution in [1.82, 2.24) is 15.1 Å². The number of nitrogens with one attached hydrogen (secondary N) is 1. The van der Waals surface area contributed by atoms with Crippen molar-refractivity contribution in [3.8, 4) is 5.69 Å². The highest BCUT2D eigenvalue weighted by atomic mass is 79.9. The third-order valence-electron chi connectivity index (χ3n) is 2.88. The molecule has 1 aromatic heterocycles. The molecule has 0 spiro atoms. The number of aromatic nitrogens is 2. The van der Waals surface area contributed by atoms with E-state index < -0.39 is 0 Å². The third-order valence-corrected chi connectivity index (χ3v) is 3.38. The van der Waals surface area contributed by atoms with E-state index in [-0.39, 0.29) is 11.9 Å². The molecule has 5 nitrogen and oxygen atoms in total. The van der Waals surface area contributed by atoms with Crippen LogP contribution in [0.15, 0.2) is 34.9 Å². The summed E-state index contributed by atoms with van der Waals surface area (Å²) >= 11 is 3.46. The van der Waals surface area contributed by atoms with Crippen molar-refractivity contribution in [2.45, 2.75) is 19.4 Å². The SMILES string of the molecule is CNC(=O)c1ccn(-c2cc(Br)ccc2CC(C)N)n1. The van der Waals surface area contributed by atoms with Crippen molar-refractivity contribution in [1.29, 1.82) is 0 Å². The summed E-state index contributed by atoms with van der Waals surface area (Å²) in [6, 6.07) is 7.71. The largest absolute Gasteiger partial charge is 0.354 e. The number of carbonyl (C=O) groups is 1. The van der Waals surface area contributed by atoms with Gasteiger partial charge in [0.05, 0.1) is 5.69 Å². The zero-order valence-electron chi connectivity index (χ0n) is 11.4. The first-order valence-electron chi connectivity index (χ1n) is 6.33. The summed E-state index contributed by atoms with van der Waals surface area (Å²) in [5.74, 6) is -0.201. The Balaban J connectivity index is 2.42. The van der Waals surface area contributed by atoms with E-state index in [1.165, 1.54) is 0 Å². The second-order valence-electron chi connectivity index (χ2n) is 4.68. The van der Waals surface area contributed by atoms with Crippen molar-refractivity contribution in [2.75, 3.05) is 7.05 Å². The lowest BCUT2D eigenvalue weighted by atomic mass is 10.1. The van der Waals surface area contributed by atoms with Crippen LogP contribution in [0.2, 0.25) is 0 Å². The Hall–Kier alpha value is -1.66. The van der Waals surface area contributed by atoms with Crippen molar-refractivity contribution < 1.29 is 4.79 Å². The van der Waals surface area contributed by atoms with Gasteiger partial charge in [-0.3, -0.25) is 4.79 Å². The molecule has 3 N–H and O–H groups in total. The molecule has 0 saturated carbocycles. The van der Waals surface area contributed by atoms with Gasteiger partial charge in [0.25, 0.3) is 5.91 Å². The molecule has 2 aromatic rings. The van der Waals surface area contributed by atoms with Gasteiger partial charge in [-0.1, -0.05) is 22.0 Å². The van der Waals surface area contributed by atoms with Gasteiger partial charge >= 0.3 is 0 Å². The number of hydrogen-bond acceptors (Lipinski definition) is 3. The average molecular weight is 337 g/mol. The zero-order valence-corrected chi connectivity index (χ0v) is 13.0. The Kier molecular flexibility index (Phi) is 4.57. The Labute approximate surface area is 126 Å². The number of benzene rings is 1. The number of hydrogen-bond donors (Lipinski definition) is 2. The van der Waals surface area contributed by atoms with Crippen molar-refractivity contribution >= 4 is 21.8 Å². The Morgan fingerprint density at radius 2 is 2.25 bits per heavy atom. The van der Waals surface area contributed by atoms with E-state index in [2.05, 4.69) is 26.3 Å². The van der Waals surface area contributed by atoms with Gasteiger partial charge in [0, 0.05) is 23.8 Å². The fourth-order valence-electron chi connectivity index (χ4n) is 1.98. The normalized spacial score (nSPS) is 12.2. The number of amides is 1. The topological polar surface area (TPSA) is 72.9 Å². The standard InChI is InChI=1S/C14H17BrN4O/c1-9(16)7-10-3-4-11(15)8-13(10)19-6-5-12(18-19)14(20)17-2/h3-6,8-9H,7,16H2,1-2H3,(H,17,20). The number of nitrogens with two attached hydrogens (primary N) is 1. The number of rotatable bonds is 4. The number of carbonyl (C=O) groups excluding carboxylic acids is 1. The van der Waals surface area contributed by atoms with Crippen LogP contribution in [-0.4, -0.2) is 28.8 Å². The molecule has 0 radical (unpaired) electrons. The van der Waals surface area contributed by atoms with Gasteiger partial charge < -0.3 is 11.1 Å². The maximum atomic E-state index is 11.6. The Morgan fingerprint density at radius 1 is 1.50 bits per heavy atom. The highest BCUT2D eigenvalue weighted by Gasteiger charge is 2.12. The predicted octanol–water partition coefficient (Wildman–Crippen LogP) is 1.88. The fourth-order valence-corrected chi connectivity index (χ4v) is 2.33. The van der Waals surface area contributed by atoms with Crippen LogP contribution < -0.4 is 11.1 Å². The van der Waals surface area contributed by atoms with Gasteiger partial charge in [0.1, 0.15) is 0 Å². The highest BCUT2D eigenvalue weighted by molar-refractivity contribution is 9.10. The Bertz CT molecular complexity index is 621. The second-order valence-corrected chi connectivity index (χ2v) is 5.59. The second kappa shape index (κ2) is 6.19. The van der Waals surface area contributed by atoms with Gasteiger partial charge in [0.15, 0.2) is 5.69 Å². The highest BCUT2D eigenvalue weighted by Crippen LogP contribution is 2.21. The van der Waals surface area contributed by atoms with Crippen LogP contribution in [0.1, 0.15) is 23.0 Å². The zero-order chi connectivity index (χ0) is 14.7. The Morgan fingerprint density at radius 3 is 2.90 bits per heavy atom. The van der Waals surface area contributed by atoms with Crippen molar-refractivity contribution in [3.05, 3.63) is 46.2 Å². The van der Waals surface area contributed by atoms with Crippen LogP contribution in [0.3, 0.4) is 0 Å². The predicted molar refractivity (Wildman–Crippen MR) is 82.0 cm³/mol. The molecule has 0 fully saturated rings. The lowest BCUT2D eigenvalue weighted by Gasteiger charge is -2.12. The van der Waals surface area contributed by atoms with Gasteiger partial charge in [-0.25, -0.2) is 4.68 Å². The fraction of sp³-hybridized carbons (Fsp3) is 0.286. The quantitative estimate of drug-likeness (QED) is 0.895. The minimum atomic E-state index is -0.201. The molecule has 1 unspecified atom stereocenters. The summed E-state index contributed by atoms with van der Waals surface area (Å²) in [6.45, 7) is 1.96. The summed E-state index contributed by atoms with van der Waals surface area (Å²) < 4.78 is 2.66. The molecular weight excluding hydrogens is 320 g/mol. The molecule has 0 aliphatic heterocycles. The maximum absolute atomic E-state index is 11.6. The van der Waals surface area contributed by atoms with Crippen LogP contribution in [0, 0.1) is 0 Å². The lowest BCUT2D eigenvalue weighted by Crippen LogP contribution is -2.20. The van der Waals surface area contributed by atoms with Crippen LogP contribution in [-0.2, 0) is 6.42 Å². The monoisotopic (exact) mass is 336 g/mol.